The van der Waals surface area contributed by atoms with Gasteiger partial charge in [-0.1, -0.05) is 12.8 Å². The molecule has 18 heavy (non-hydrogen) atoms. The average molecular weight is 331 g/mol. The van der Waals surface area contributed by atoms with Crippen LogP contribution in [0.2, 0.25) is 0 Å². The molecule has 1 aliphatic heterocycles. The SMILES string of the molecule is O=C(O)C1CC2CCCCC2N1c1nc(Br)cs1. The Bertz CT molecular complexity index is 465. The van der Waals surface area contributed by atoms with Gasteiger partial charge in [0.05, 0.1) is 0 Å². The molecule has 6 heteroatoms. The molecule has 1 N–H and O–H groups in total. The molecule has 3 unspecified atom stereocenters. The zero-order chi connectivity index (χ0) is 12.7. The first-order valence-corrected chi connectivity index (χ1v) is 7.96. The first-order chi connectivity index (χ1) is 8.66. The van der Waals surface area contributed by atoms with Crippen LogP contribution in [0, 0.1) is 5.92 Å². The third kappa shape index (κ3) is 2.05. The molecule has 3 rings (SSSR count). The number of carboxylic acids is 1. The van der Waals surface area contributed by atoms with Gasteiger partial charge in [-0.15, -0.1) is 11.3 Å². The summed E-state index contributed by atoms with van der Waals surface area (Å²) in [5.41, 5.74) is 0. The van der Waals surface area contributed by atoms with E-state index in [2.05, 4.69) is 25.8 Å². The second-order valence-electron chi connectivity index (χ2n) is 5.06. The Labute approximate surface area is 118 Å². The lowest BCUT2D eigenvalue weighted by Gasteiger charge is -2.32. The standard InChI is InChI=1S/C12H15BrN2O2S/c13-10-6-18-12(14-10)15-8-4-2-1-3-7(8)5-9(15)11(16)17/h6-9H,1-5H2,(H,16,17). The van der Waals surface area contributed by atoms with Crippen LogP contribution in [0.25, 0.3) is 0 Å². The molecule has 1 aromatic rings. The Morgan fingerprint density at radius 3 is 2.94 bits per heavy atom. The lowest BCUT2D eigenvalue weighted by atomic mass is 9.85. The molecule has 1 saturated carbocycles. The van der Waals surface area contributed by atoms with E-state index in [1.807, 2.05) is 5.38 Å². The molecule has 98 valence electrons. The molecule has 0 radical (unpaired) electrons. The van der Waals surface area contributed by atoms with Crippen LogP contribution >= 0.6 is 27.3 Å². The summed E-state index contributed by atoms with van der Waals surface area (Å²) in [5.74, 6) is -0.182. The first kappa shape index (κ1) is 12.4. The maximum absolute atomic E-state index is 11.5. The minimum absolute atomic E-state index is 0.373. The number of halogens is 1. The quantitative estimate of drug-likeness (QED) is 0.905. The summed E-state index contributed by atoms with van der Waals surface area (Å²) in [6.45, 7) is 0. The Morgan fingerprint density at radius 2 is 2.28 bits per heavy atom. The summed E-state index contributed by atoms with van der Waals surface area (Å²) >= 11 is 4.88. The van der Waals surface area contributed by atoms with E-state index in [1.54, 1.807) is 0 Å². The monoisotopic (exact) mass is 330 g/mol. The van der Waals surface area contributed by atoms with Gasteiger partial charge in [0.2, 0.25) is 0 Å². The molecule has 0 amide bonds. The Morgan fingerprint density at radius 1 is 1.50 bits per heavy atom. The van der Waals surface area contributed by atoms with Crippen molar-refractivity contribution in [2.75, 3.05) is 4.90 Å². The van der Waals surface area contributed by atoms with Crippen LogP contribution in [0.3, 0.4) is 0 Å². The second-order valence-corrected chi connectivity index (χ2v) is 6.71. The van der Waals surface area contributed by atoms with E-state index in [9.17, 15) is 9.90 Å². The molecule has 2 aliphatic rings. The first-order valence-electron chi connectivity index (χ1n) is 6.29. The minimum atomic E-state index is -0.712. The number of hydrogen-bond acceptors (Lipinski definition) is 4. The molecule has 4 nitrogen and oxygen atoms in total. The number of rotatable bonds is 2. The maximum atomic E-state index is 11.5. The summed E-state index contributed by atoms with van der Waals surface area (Å²) in [6, 6.07) is -0.0194. The third-order valence-corrected chi connectivity index (χ3v) is 5.62. The highest BCUT2D eigenvalue weighted by Gasteiger charge is 2.46. The van der Waals surface area contributed by atoms with Gasteiger partial charge < -0.3 is 10.0 Å². The predicted octanol–water partition coefficient (Wildman–Crippen LogP) is 3.13. The number of aliphatic carboxylic acids is 1. The number of hydrogen-bond donors (Lipinski definition) is 1. The summed E-state index contributed by atoms with van der Waals surface area (Å²) in [6.07, 6.45) is 5.49. The fourth-order valence-electron chi connectivity index (χ4n) is 3.32. The van der Waals surface area contributed by atoms with Crippen LogP contribution in [0.1, 0.15) is 32.1 Å². The number of fused-ring (bicyclic) bond motifs is 1. The van der Waals surface area contributed by atoms with Crippen LogP contribution in [-0.2, 0) is 4.79 Å². The van der Waals surface area contributed by atoms with Crippen molar-refractivity contribution in [3.63, 3.8) is 0 Å². The predicted molar refractivity (Wildman–Crippen MR) is 74.1 cm³/mol. The summed E-state index contributed by atoms with van der Waals surface area (Å²) in [5, 5.41) is 12.2. The Balaban J connectivity index is 1.94. The molecule has 1 aliphatic carbocycles. The van der Waals surface area contributed by atoms with Crippen LogP contribution in [0.4, 0.5) is 5.13 Å². The highest BCUT2D eigenvalue weighted by Crippen LogP contribution is 2.43. The minimum Gasteiger partial charge on any atom is -0.480 e. The van der Waals surface area contributed by atoms with E-state index in [4.69, 9.17) is 0 Å². The lowest BCUT2D eigenvalue weighted by molar-refractivity contribution is -0.138. The Kier molecular flexibility index (Phi) is 3.32. The van der Waals surface area contributed by atoms with Crippen molar-refractivity contribution < 1.29 is 9.90 Å². The number of nitrogens with zero attached hydrogens (tertiary/aromatic N) is 2. The molecule has 0 spiro atoms. The van der Waals surface area contributed by atoms with Gasteiger partial charge in [0.1, 0.15) is 10.6 Å². The van der Waals surface area contributed by atoms with Crippen LogP contribution in [-0.4, -0.2) is 28.1 Å². The average Bonchev–Trinajstić information content (AvgIpc) is 2.92. The van der Waals surface area contributed by atoms with E-state index < -0.39 is 12.0 Å². The summed E-state index contributed by atoms with van der Waals surface area (Å²) in [7, 11) is 0. The van der Waals surface area contributed by atoms with E-state index >= 15 is 0 Å². The molecule has 0 bridgehead atoms. The van der Waals surface area contributed by atoms with Crippen molar-refractivity contribution in [1.82, 2.24) is 4.98 Å². The van der Waals surface area contributed by atoms with Crippen molar-refractivity contribution in [1.29, 1.82) is 0 Å². The number of thiazole rings is 1. The zero-order valence-corrected chi connectivity index (χ0v) is 12.3. The molecule has 3 atom stereocenters. The van der Waals surface area contributed by atoms with Gasteiger partial charge in [0.25, 0.3) is 0 Å². The van der Waals surface area contributed by atoms with E-state index in [-0.39, 0.29) is 0 Å². The van der Waals surface area contributed by atoms with Gasteiger partial charge in [-0.3, -0.25) is 0 Å². The normalized spacial score (nSPS) is 31.4. The summed E-state index contributed by atoms with van der Waals surface area (Å²) in [4.78, 5) is 17.9. The van der Waals surface area contributed by atoms with Gasteiger partial charge >= 0.3 is 5.97 Å². The molecule has 1 saturated heterocycles. The lowest BCUT2D eigenvalue weighted by Crippen LogP contribution is -2.42. The van der Waals surface area contributed by atoms with Crippen LogP contribution < -0.4 is 4.90 Å². The summed E-state index contributed by atoms with van der Waals surface area (Å²) < 4.78 is 0.797. The third-order valence-electron chi connectivity index (χ3n) is 4.06. The van der Waals surface area contributed by atoms with Crippen molar-refractivity contribution in [3.8, 4) is 0 Å². The topological polar surface area (TPSA) is 53.4 Å². The number of carbonyl (C=O) groups is 1. The number of anilines is 1. The highest BCUT2D eigenvalue weighted by atomic mass is 79.9. The van der Waals surface area contributed by atoms with Crippen molar-refractivity contribution in [2.24, 2.45) is 5.92 Å². The molecular weight excluding hydrogens is 316 g/mol. The second kappa shape index (κ2) is 4.81. The molecular formula is C12H15BrN2O2S. The molecule has 2 fully saturated rings. The zero-order valence-electron chi connectivity index (χ0n) is 9.88. The van der Waals surface area contributed by atoms with E-state index in [0.29, 0.717) is 12.0 Å². The van der Waals surface area contributed by atoms with Crippen LogP contribution in [0.5, 0.6) is 0 Å². The van der Waals surface area contributed by atoms with Gasteiger partial charge in [-0.2, -0.15) is 0 Å². The number of carboxylic acid groups (broad SMARTS) is 1. The van der Waals surface area contributed by atoms with Gasteiger partial charge in [-0.25, -0.2) is 9.78 Å². The Hall–Kier alpha value is -0.620. The van der Waals surface area contributed by atoms with E-state index in [1.165, 1.54) is 24.2 Å². The van der Waals surface area contributed by atoms with Gasteiger partial charge in [0, 0.05) is 11.4 Å². The van der Waals surface area contributed by atoms with Crippen LogP contribution in [0.15, 0.2) is 9.98 Å². The van der Waals surface area contributed by atoms with Gasteiger partial charge in [0.15, 0.2) is 5.13 Å². The van der Waals surface area contributed by atoms with Crippen molar-refractivity contribution >= 4 is 38.4 Å². The maximum Gasteiger partial charge on any atom is 0.326 e. The fraction of sp³-hybridized carbons (Fsp3) is 0.667. The smallest absolute Gasteiger partial charge is 0.326 e. The van der Waals surface area contributed by atoms with Crippen molar-refractivity contribution in [3.05, 3.63) is 9.98 Å². The largest absolute Gasteiger partial charge is 0.480 e. The number of aromatic nitrogens is 1. The molecule has 2 heterocycles. The molecule has 0 aromatic carbocycles. The van der Waals surface area contributed by atoms with E-state index in [0.717, 1.165) is 29.0 Å². The van der Waals surface area contributed by atoms with Crippen molar-refractivity contribution in [2.45, 2.75) is 44.2 Å². The van der Waals surface area contributed by atoms with Gasteiger partial charge in [-0.05, 0) is 41.1 Å². The fourth-order valence-corrected chi connectivity index (χ4v) is 4.68. The highest BCUT2D eigenvalue weighted by molar-refractivity contribution is 9.10. The molecule has 1 aromatic heterocycles.